The Morgan fingerprint density at radius 3 is 2.80 bits per heavy atom. The topological polar surface area (TPSA) is 66.7 Å². The Kier molecular flexibility index (Phi) is 4.34. The van der Waals surface area contributed by atoms with E-state index in [-0.39, 0.29) is 30.1 Å². The number of aromatic nitrogens is 1. The summed E-state index contributed by atoms with van der Waals surface area (Å²) in [6.45, 7) is 0.0842. The molecule has 1 aromatic rings. The lowest BCUT2D eigenvalue weighted by molar-refractivity contribution is -0.137. The highest BCUT2D eigenvalue weighted by Crippen LogP contribution is 2.32. The molecule has 0 aromatic carbocycles. The maximum absolute atomic E-state index is 12.4. The molecule has 0 aliphatic carbocycles. The Bertz CT molecular complexity index is 522. The van der Waals surface area contributed by atoms with Crippen molar-refractivity contribution >= 4 is 23.1 Å². The number of nitrogens with one attached hydrogen (secondary N) is 1. The minimum atomic E-state index is -4.48. The molecule has 2 rings (SSSR count). The van der Waals surface area contributed by atoms with Gasteiger partial charge in [0, 0.05) is 12.6 Å². The molecule has 20 heavy (non-hydrogen) atoms. The second-order valence-corrected chi connectivity index (χ2v) is 4.59. The summed E-state index contributed by atoms with van der Waals surface area (Å²) >= 11 is 5.74. The zero-order valence-electron chi connectivity index (χ0n) is 10.1. The molecular formula is C11H11ClF3N3O2. The van der Waals surface area contributed by atoms with Crippen molar-refractivity contribution in [2.45, 2.75) is 18.7 Å². The van der Waals surface area contributed by atoms with Crippen LogP contribution in [0.15, 0.2) is 17.4 Å². The van der Waals surface area contributed by atoms with Gasteiger partial charge in [-0.2, -0.15) is 13.2 Å². The first kappa shape index (κ1) is 14.9. The fraction of sp³-hybridized carbons (Fsp3) is 0.455. The van der Waals surface area contributed by atoms with Crippen LogP contribution in [0.3, 0.4) is 0 Å². The first-order valence-corrected chi connectivity index (χ1v) is 6.07. The Morgan fingerprint density at radius 2 is 2.25 bits per heavy atom. The van der Waals surface area contributed by atoms with Gasteiger partial charge in [-0.3, -0.25) is 0 Å². The first-order valence-electron chi connectivity index (χ1n) is 5.69. The average molecular weight is 310 g/mol. The fourth-order valence-electron chi connectivity index (χ4n) is 1.62. The van der Waals surface area contributed by atoms with Gasteiger partial charge in [-0.25, -0.2) is 4.98 Å². The van der Waals surface area contributed by atoms with Gasteiger partial charge in [0.15, 0.2) is 0 Å². The number of aliphatic hydroxyl groups excluding tert-OH is 1. The molecule has 0 spiro atoms. The number of pyridine rings is 1. The molecule has 9 heteroatoms. The van der Waals surface area contributed by atoms with Crippen molar-refractivity contribution in [2.75, 3.05) is 18.5 Å². The van der Waals surface area contributed by atoms with Crippen LogP contribution >= 0.6 is 11.6 Å². The van der Waals surface area contributed by atoms with Crippen LogP contribution < -0.4 is 5.32 Å². The van der Waals surface area contributed by atoms with Gasteiger partial charge in [0.25, 0.3) is 0 Å². The Balaban J connectivity index is 1.94. The smallest absolute Gasteiger partial charge is 0.390 e. The largest absolute Gasteiger partial charge is 0.417 e. The fourth-order valence-corrected chi connectivity index (χ4v) is 1.86. The second kappa shape index (κ2) is 5.84. The Hall–Kier alpha value is -1.54. The van der Waals surface area contributed by atoms with Crippen molar-refractivity contribution in [2.24, 2.45) is 5.16 Å². The number of nitrogens with zero attached hydrogens (tertiary/aromatic N) is 2. The zero-order chi connectivity index (χ0) is 14.8. The Labute approximate surface area is 117 Å². The third-order valence-electron chi connectivity index (χ3n) is 2.64. The summed E-state index contributed by atoms with van der Waals surface area (Å²) in [5, 5.41) is 15.2. The van der Waals surface area contributed by atoms with E-state index in [1.165, 1.54) is 0 Å². The van der Waals surface area contributed by atoms with Crippen LogP contribution in [0.25, 0.3) is 0 Å². The molecule has 0 amide bonds. The lowest BCUT2D eigenvalue weighted by Crippen LogP contribution is -2.21. The molecule has 1 aliphatic heterocycles. The maximum atomic E-state index is 12.4. The number of rotatable bonds is 4. The highest BCUT2D eigenvalue weighted by atomic mass is 35.5. The highest BCUT2D eigenvalue weighted by Gasteiger charge is 2.31. The van der Waals surface area contributed by atoms with E-state index in [0.717, 1.165) is 6.07 Å². The highest BCUT2D eigenvalue weighted by molar-refractivity contribution is 6.32. The SMILES string of the molecule is OCC1=NO[C@@H](CNc2ncc(C(F)(F)F)cc2Cl)C1. The van der Waals surface area contributed by atoms with Crippen LogP contribution in [0.1, 0.15) is 12.0 Å². The number of oxime groups is 1. The Morgan fingerprint density at radius 1 is 1.50 bits per heavy atom. The number of anilines is 1. The molecule has 2 N–H and O–H groups in total. The molecule has 0 unspecified atom stereocenters. The summed E-state index contributed by atoms with van der Waals surface area (Å²) in [5.41, 5.74) is -0.389. The predicted molar refractivity (Wildman–Crippen MR) is 66.7 cm³/mol. The molecule has 1 atom stereocenters. The van der Waals surface area contributed by atoms with E-state index in [0.29, 0.717) is 18.3 Å². The van der Waals surface area contributed by atoms with Gasteiger partial charge in [0.1, 0.15) is 11.9 Å². The minimum Gasteiger partial charge on any atom is -0.390 e. The van der Waals surface area contributed by atoms with Gasteiger partial charge in [-0.15, -0.1) is 0 Å². The predicted octanol–water partition coefficient (Wildman–Crippen LogP) is 2.30. The lowest BCUT2D eigenvalue weighted by atomic mass is 10.2. The number of aliphatic hydroxyl groups is 1. The van der Waals surface area contributed by atoms with E-state index in [1.807, 2.05) is 0 Å². The van der Waals surface area contributed by atoms with Crippen molar-refractivity contribution in [3.05, 3.63) is 22.8 Å². The van der Waals surface area contributed by atoms with E-state index in [9.17, 15) is 13.2 Å². The van der Waals surface area contributed by atoms with Crippen LogP contribution in [0.2, 0.25) is 5.02 Å². The third kappa shape index (κ3) is 3.51. The second-order valence-electron chi connectivity index (χ2n) is 4.18. The van der Waals surface area contributed by atoms with Gasteiger partial charge in [0.2, 0.25) is 0 Å². The lowest BCUT2D eigenvalue weighted by Gasteiger charge is -2.13. The molecule has 0 bridgehead atoms. The average Bonchev–Trinajstić information content (AvgIpc) is 2.84. The van der Waals surface area contributed by atoms with E-state index < -0.39 is 11.7 Å². The molecule has 110 valence electrons. The molecule has 0 radical (unpaired) electrons. The molecule has 1 aromatic heterocycles. The van der Waals surface area contributed by atoms with Crippen molar-refractivity contribution in [1.29, 1.82) is 0 Å². The number of hydrogen-bond donors (Lipinski definition) is 2. The zero-order valence-corrected chi connectivity index (χ0v) is 10.9. The van der Waals surface area contributed by atoms with Crippen LogP contribution in [0, 0.1) is 0 Å². The minimum absolute atomic E-state index is 0.124. The summed E-state index contributed by atoms with van der Waals surface area (Å²) in [6, 6.07) is 0.808. The van der Waals surface area contributed by atoms with Gasteiger partial charge < -0.3 is 15.3 Å². The molecule has 0 saturated heterocycles. The van der Waals surface area contributed by atoms with Crippen molar-refractivity contribution in [3.63, 3.8) is 0 Å². The van der Waals surface area contributed by atoms with Crippen molar-refractivity contribution < 1.29 is 23.1 Å². The van der Waals surface area contributed by atoms with E-state index in [2.05, 4.69) is 15.5 Å². The molecule has 1 aliphatic rings. The summed E-state index contributed by atoms with van der Waals surface area (Å²) in [4.78, 5) is 8.65. The molecule has 0 saturated carbocycles. The van der Waals surface area contributed by atoms with E-state index in [4.69, 9.17) is 21.5 Å². The van der Waals surface area contributed by atoms with Gasteiger partial charge in [-0.05, 0) is 6.07 Å². The summed E-state index contributed by atoms with van der Waals surface area (Å²) in [7, 11) is 0. The number of alkyl halides is 3. The van der Waals surface area contributed by atoms with Crippen LogP contribution in [-0.2, 0) is 11.0 Å². The van der Waals surface area contributed by atoms with Gasteiger partial charge in [-0.1, -0.05) is 16.8 Å². The quantitative estimate of drug-likeness (QED) is 0.895. The van der Waals surface area contributed by atoms with Gasteiger partial charge >= 0.3 is 6.18 Å². The summed E-state index contributed by atoms with van der Waals surface area (Å²) < 4.78 is 37.3. The maximum Gasteiger partial charge on any atom is 0.417 e. The van der Waals surface area contributed by atoms with Gasteiger partial charge in [0.05, 0.1) is 29.4 Å². The number of hydrogen-bond acceptors (Lipinski definition) is 5. The molecule has 2 heterocycles. The van der Waals surface area contributed by atoms with Crippen LogP contribution in [-0.4, -0.2) is 35.1 Å². The molecular weight excluding hydrogens is 299 g/mol. The third-order valence-corrected chi connectivity index (χ3v) is 2.93. The molecule has 0 fully saturated rings. The summed E-state index contributed by atoms with van der Waals surface area (Å²) in [6.07, 6.45) is -3.63. The standard InChI is InChI=1S/C11H11ClF3N3O2/c12-9-1-6(11(13,14)15)3-16-10(9)17-4-8-2-7(5-19)18-20-8/h1,3,8,19H,2,4-5H2,(H,16,17)/t8-/m1/s1. The monoisotopic (exact) mass is 309 g/mol. The summed E-state index contributed by atoms with van der Waals surface area (Å²) in [5.74, 6) is 0.140. The number of halogens is 4. The normalized spacial score (nSPS) is 18.6. The van der Waals surface area contributed by atoms with Crippen molar-refractivity contribution in [3.8, 4) is 0 Å². The first-order chi connectivity index (χ1) is 9.40. The molecule has 5 nitrogen and oxygen atoms in total. The van der Waals surface area contributed by atoms with E-state index >= 15 is 0 Å². The van der Waals surface area contributed by atoms with Crippen molar-refractivity contribution in [1.82, 2.24) is 4.98 Å². The van der Waals surface area contributed by atoms with E-state index in [1.54, 1.807) is 0 Å². The van der Waals surface area contributed by atoms with Crippen LogP contribution in [0.4, 0.5) is 19.0 Å². The van der Waals surface area contributed by atoms with Crippen LogP contribution in [0.5, 0.6) is 0 Å².